The molecule has 0 radical (unpaired) electrons. The van der Waals surface area contributed by atoms with Crippen LogP contribution in [0.15, 0.2) is 12.3 Å². The second-order valence-electron chi connectivity index (χ2n) is 12.5. The van der Waals surface area contributed by atoms with Gasteiger partial charge < -0.3 is 10.2 Å². The Morgan fingerprint density at radius 1 is 1.09 bits per heavy atom. The Labute approximate surface area is 206 Å². The van der Waals surface area contributed by atoms with E-state index in [2.05, 4.69) is 31.9 Å². The molecule has 4 aliphatic carbocycles. The first-order valence-corrected chi connectivity index (χ1v) is 13.9. The number of aliphatic hydroxyl groups excluding tert-OH is 2. The van der Waals surface area contributed by atoms with E-state index in [1.165, 1.54) is 64.2 Å². The van der Waals surface area contributed by atoms with Crippen LogP contribution in [0, 0.1) is 57.7 Å². The van der Waals surface area contributed by atoms with Gasteiger partial charge in [-0.05, 0) is 104 Å². The number of hydrogen-bond acceptors (Lipinski definition) is 4. The lowest BCUT2D eigenvalue weighted by Gasteiger charge is -2.60. The summed E-state index contributed by atoms with van der Waals surface area (Å²) in [5.74, 6) is 4.86. The Morgan fingerprint density at radius 2 is 1.79 bits per heavy atom. The van der Waals surface area contributed by atoms with Gasteiger partial charge in [-0.25, -0.2) is 0 Å². The van der Waals surface area contributed by atoms with Crippen LogP contribution >= 0.6 is 0 Å². The van der Waals surface area contributed by atoms with Gasteiger partial charge in [0.15, 0.2) is 5.69 Å². The summed E-state index contributed by atoms with van der Waals surface area (Å²) in [6, 6.07) is 3.84. The number of hydrogen-bond donors (Lipinski definition) is 2. The second kappa shape index (κ2) is 10.3. The van der Waals surface area contributed by atoms with Crippen molar-refractivity contribution in [1.82, 2.24) is 9.78 Å². The van der Waals surface area contributed by atoms with Crippen LogP contribution in [0.5, 0.6) is 0 Å². The highest BCUT2D eigenvalue weighted by molar-refractivity contribution is 5.16. The molecule has 190 valence electrons. The number of rotatable bonds is 5. The van der Waals surface area contributed by atoms with Crippen LogP contribution in [0.25, 0.3) is 0 Å². The van der Waals surface area contributed by atoms with E-state index in [0.29, 0.717) is 23.6 Å². The zero-order valence-corrected chi connectivity index (χ0v) is 21.9. The van der Waals surface area contributed by atoms with E-state index >= 15 is 0 Å². The molecule has 5 rings (SSSR count). The summed E-state index contributed by atoms with van der Waals surface area (Å²) < 4.78 is 1.77. The number of fused-ring (bicyclic) bond motifs is 5. The second-order valence-corrected chi connectivity index (χ2v) is 12.5. The SMILES string of the molecule is CCCC1CCC2C3CCC4(C)C(C(O)Cn5ccc(C#N)n5)CCC4C3CC[C@]2(C)C1.CO. The van der Waals surface area contributed by atoms with Crippen molar-refractivity contribution < 1.29 is 10.2 Å². The lowest BCUT2D eigenvalue weighted by Crippen LogP contribution is -2.52. The topological polar surface area (TPSA) is 82.1 Å². The summed E-state index contributed by atoms with van der Waals surface area (Å²) in [6.07, 6.45) is 16.6. The van der Waals surface area contributed by atoms with Gasteiger partial charge >= 0.3 is 0 Å². The monoisotopic (exact) mass is 469 g/mol. The van der Waals surface area contributed by atoms with Gasteiger partial charge in [0, 0.05) is 13.3 Å². The number of nitriles is 1. The average Bonchev–Trinajstić information content (AvgIpc) is 3.43. The molecule has 34 heavy (non-hydrogen) atoms. The molecule has 1 aromatic heterocycles. The Bertz CT molecular complexity index is 862. The van der Waals surface area contributed by atoms with Gasteiger partial charge in [0.05, 0.1) is 12.6 Å². The lowest BCUT2D eigenvalue weighted by molar-refractivity contribution is -0.114. The quantitative estimate of drug-likeness (QED) is 0.571. The van der Waals surface area contributed by atoms with Crippen molar-refractivity contribution in [3.8, 4) is 6.07 Å². The standard InChI is InChI=1S/C28H43N3O.CH4O/c1-4-5-19-6-7-23-21-11-14-28(3)24(22(21)10-13-27(23,2)16-19)8-9-25(28)26(32)18-31-15-12-20(17-29)30-31;1-2/h12,15,19,21-26,32H,4-11,13-14,16,18H2,1-3H3;2H,1H3/t19?,21?,22?,23?,24?,25?,26?,27-,28?;/m1./s1. The molecule has 0 aromatic carbocycles. The number of aromatic nitrogens is 2. The predicted molar refractivity (Wildman–Crippen MR) is 135 cm³/mol. The van der Waals surface area contributed by atoms with Crippen molar-refractivity contribution in [3.05, 3.63) is 18.0 Å². The minimum atomic E-state index is -0.369. The van der Waals surface area contributed by atoms with Crippen molar-refractivity contribution in [1.29, 1.82) is 5.26 Å². The van der Waals surface area contributed by atoms with E-state index < -0.39 is 0 Å². The first-order chi connectivity index (χ1) is 16.4. The minimum Gasteiger partial charge on any atom is -0.400 e. The molecule has 1 heterocycles. The molecule has 4 saturated carbocycles. The fourth-order valence-corrected chi connectivity index (χ4v) is 9.59. The Morgan fingerprint density at radius 3 is 2.50 bits per heavy atom. The fraction of sp³-hybridized carbons (Fsp3) is 0.862. The number of aliphatic hydroxyl groups is 2. The van der Waals surface area contributed by atoms with Crippen molar-refractivity contribution in [2.45, 2.75) is 104 Å². The predicted octanol–water partition coefficient (Wildman–Crippen LogP) is 5.80. The van der Waals surface area contributed by atoms with Crippen LogP contribution < -0.4 is 0 Å². The fourth-order valence-electron chi connectivity index (χ4n) is 9.59. The molecule has 9 atom stereocenters. The van der Waals surface area contributed by atoms with E-state index in [1.807, 2.05) is 6.20 Å². The highest BCUT2D eigenvalue weighted by Crippen LogP contribution is 2.67. The highest BCUT2D eigenvalue weighted by Gasteiger charge is 2.59. The molecule has 0 saturated heterocycles. The molecule has 2 N–H and O–H groups in total. The van der Waals surface area contributed by atoms with Gasteiger partial charge in [-0.3, -0.25) is 4.68 Å². The lowest BCUT2D eigenvalue weighted by atomic mass is 9.45. The molecule has 0 spiro atoms. The van der Waals surface area contributed by atoms with Crippen LogP contribution in [0.2, 0.25) is 0 Å². The van der Waals surface area contributed by atoms with Gasteiger partial charge in [-0.2, -0.15) is 10.4 Å². The van der Waals surface area contributed by atoms with Gasteiger partial charge in [0.2, 0.25) is 0 Å². The van der Waals surface area contributed by atoms with Crippen LogP contribution in [-0.2, 0) is 6.54 Å². The molecule has 4 fully saturated rings. The summed E-state index contributed by atoms with van der Waals surface area (Å²) in [4.78, 5) is 0. The van der Waals surface area contributed by atoms with E-state index in [-0.39, 0.29) is 11.5 Å². The zero-order valence-electron chi connectivity index (χ0n) is 21.9. The third-order valence-electron chi connectivity index (χ3n) is 11.0. The molecular formula is C29H47N3O2. The van der Waals surface area contributed by atoms with Crippen molar-refractivity contribution in [2.24, 2.45) is 46.3 Å². The largest absolute Gasteiger partial charge is 0.400 e. The molecule has 8 unspecified atom stereocenters. The summed E-state index contributed by atoms with van der Waals surface area (Å²) in [6.45, 7) is 8.02. The van der Waals surface area contributed by atoms with Crippen molar-refractivity contribution in [2.75, 3.05) is 7.11 Å². The van der Waals surface area contributed by atoms with Crippen molar-refractivity contribution >= 4 is 0 Å². The Kier molecular flexibility index (Phi) is 7.80. The first kappa shape index (κ1) is 25.7. The molecule has 0 bridgehead atoms. The molecular weight excluding hydrogens is 422 g/mol. The van der Waals surface area contributed by atoms with Crippen LogP contribution in [-0.4, -0.2) is 33.2 Å². The molecule has 0 amide bonds. The highest BCUT2D eigenvalue weighted by atomic mass is 16.3. The summed E-state index contributed by atoms with van der Waals surface area (Å²) in [5.41, 5.74) is 1.29. The maximum absolute atomic E-state index is 11.2. The van der Waals surface area contributed by atoms with Crippen LogP contribution in [0.1, 0.15) is 97.1 Å². The van der Waals surface area contributed by atoms with Crippen LogP contribution in [0.4, 0.5) is 0 Å². The van der Waals surface area contributed by atoms with Gasteiger partial charge in [-0.15, -0.1) is 0 Å². The number of nitrogens with zero attached hydrogens (tertiary/aromatic N) is 3. The van der Waals surface area contributed by atoms with Gasteiger partial charge in [0.25, 0.3) is 0 Å². The van der Waals surface area contributed by atoms with Gasteiger partial charge in [0.1, 0.15) is 6.07 Å². The first-order valence-electron chi connectivity index (χ1n) is 13.9. The smallest absolute Gasteiger partial charge is 0.162 e. The summed E-state index contributed by atoms with van der Waals surface area (Å²) >= 11 is 0. The normalized spacial score (nSPS) is 41.8. The third kappa shape index (κ3) is 4.46. The van der Waals surface area contributed by atoms with Crippen molar-refractivity contribution in [3.63, 3.8) is 0 Å². The van der Waals surface area contributed by atoms with Gasteiger partial charge in [-0.1, -0.05) is 40.0 Å². The average molecular weight is 470 g/mol. The summed E-state index contributed by atoms with van der Waals surface area (Å²) in [7, 11) is 1.00. The minimum absolute atomic E-state index is 0.263. The van der Waals surface area contributed by atoms with E-state index in [4.69, 9.17) is 10.4 Å². The Balaban J connectivity index is 0.00000133. The van der Waals surface area contributed by atoms with E-state index in [1.54, 1.807) is 10.7 Å². The maximum Gasteiger partial charge on any atom is 0.162 e. The zero-order chi connectivity index (χ0) is 24.5. The molecule has 5 heteroatoms. The van der Waals surface area contributed by atoms with E-state index in [9.17, 15) is 5.11 Å². The summed E-state index contributed by atoms with van der Waals surface area (Å²) in [5, 5.41) is 31.6. The van der Waals surface area contributed by atoms with Crippen LogP contribution in [0.3, 0.4) is 0 Å². The molecule has 4 aliphatic rings. The maximum atomic E-state index is 11.2. The molecule has 0 aliphatic heterocycles. The third-order valence-corrected chi connectivity index (χ3v) is 11.0. The molecule has 1 aromatic rings. The van der Waals surface area contributed by atoms with E-state index in [0.717, 1.165) is 43.1 Å². The molecule has 5 nitrogen and oxygen atoms in total. The Hall–Kier alpha value is -1.38.